The number of piperidine rings is 1. The second-order valence-electron chi connectivity index (χ2n) is 7.44. The van der Waals surface area contributed by atoms with Crippen molar-refractivity contribution in [3.63, 3.8) is 0 Å². The molecule has 4 rings (SSSR count). The first kappa shape index (κ1) is 17.8. The maximum atomic E-state index is 12.6. The quantitative estimate of drug-likeness (QED) is 0.704. The molecule has 0 atom stereocenters. The van der Waals surface area contributed by atoms with Gasteiger partial charge in [0.1, 0.15) is 11.6 Å². The van der Waals surface area contributed by atoms with Crippen LogP contribution in [0.25, 0.3) is 10.9 Å². The summed E-state index contributed by atoms with van der Waals surface area (Å²) >= 11 is 0. The van der Waals surface area contributed by atoms with Crippen LogP contribution in [-0.4, -0.2) is 44.1 Å². The Morgan fingerprint density at radius 2 is 2.07 bits per heavy atom. The van der Waals surface area contributed by atoms with E-state index in [9.17, 15) is 4.79 Å². The lowest BCUT2D eigenvalue weighted by Crippen LogP contribution is -2.39. The first-order chi connectivity index (χ1) is 13.2. The van der Waals surface area contributed by atoms with Crippen LogP contribution in [0.2, 0.25) is 0 Å². The molecule has 1 aromatic carbocycles. The third-order valence-corrected chi connectivity index (χ3v) is 5.63. The Hall–Kier alpha value is -2.63. The summed E-state index contributed by atoms with van der Waals surface area (Å²) in [5, 5.41) is 8.48. The number of aryl methyl sites for hydroxylation is 2. The Balaban J connectivity index is 1.26. The van der Waals surface area contributed by atoms with Crippen molar-refractivity contribution in [3.8, 4) is 0 Å². The number of likely N-dealkylation sites (tertiary alicyclic amines) is 1. The average Bonchev–Trinajstić information content (AvgIpc) is 3.33. The van der Waals surface area contributed by atoms with E-state index in [2.05, 4.69) is 39.2 Å². The molecule has 1 aliphatic rings. The summed E-state index contributed by atoms with van der Waals surface area (Å²) < 4.78 is 0. The predicted molar refractivity (Wildman–Crippen MR) is 105 cm³/mol. The summed E-state index contributed by atoms with van der Waals surface area (Å²) in [5.74, 6) is 2.72. The molecule has 3 aromatic rings. The van der Waals surface area contributed by atoms with Crippen molar-refractivity contribution in [1.29, 1.82) is 0 Å². The van der Waals surface area contributed by atoms with Crippen molar-refractivity contribution in [2.75, 3.05) is 13.1 Å². The maximum absolute atomic E-state index is 12.6. The Labute approximate surface area is 159 Å². The fourth-order valence-electron chi connectivity index (χ4n) is 3.98. The van der Waals surface area contributed by atoms with Gasteiger partial charge in [-0.05, 0) is 36.8 Å². The molecule has 6 nitrogen and oxygen atoms in total. The SMILES string of the molecule is CCc1n[nH]c(CC2CCN(C(=O)CCc3c[nH]c4ccccc34)CC2)n1. The second kappa shape index (κ2) is 7.94. The lowest BCUT2D eigenvalue weighted by molar-refractivity contribution is -0.132. The first-order valence-corrected chi connectivity index (χ1v) is 9.96. The van der Waals surface area contributed by atoms with Crippen LogP contribution in [0.1, 0.15) is 43.4 Å². The van der Waals surface area contributed by atoms with Crippen LogP contribution in [0.5, 0.6) is 0 Å². The Bertz CT molecular complexity index is 904. The van der Waals surface area contributed by atoms with Gasteiger partial charge in [0, 0.05) is 49.5 Å². The third-order valence-electron chi connectivity index (χ3n) is 5.63. The minimum Gasteiger partial charge on any atom is -0.361 e. The Morgan fingerprint density at radius 3 is 2.85 bits per heavy atom. The number of aromatic nitrogens is 4. The van der Waals surface area contributed by atoms with E-state index in [1.54, 1.807) is 0 Å². The highest BCUT2D eigenvalue weighted by Gasteiger charge is 2.23. The molecule has 6 heteroatoms. The van der Waals surface area contributed by atoms with Crippen LogP contribution < -0.4 is 0 Å². The zero-order valence-corrected chi connectivity index (χ0v) is 15.9. The number of hydrogen-bond donors (Lipinski definition) is 2. The number of H-pyrrole nitrogens is 2. The number of nitrogens with one attached hydrogen (secondary N) is 2. The van der Waals surface area contributed by atoms with Crippen LogP contribution in [0.15, 0.2) is 30.5 Å². The van der Waals surface area contributed by atoms with Crippen LogP contribution in [0.4, 0.5) is 0 Å². The van der Waals surface area contributed by atoms with Crippen LogP contribution in [0.3, 0.4) is 0 Å². The molecule has 1 aliphatic heterocycles. The van der Waals surface area contributed by atoms with Crippen LogP contribution in [-0.2, 0) is 24.1 Å². The molecule has 1 fully saturated rings. The van der Waals surface area contributed by atoms with Gasteiger partial charge in [0.25, 0.3) is 0 Å². The normalized spacial score (nSPS) is 15.5. The Morgan fingerprint density at radius 1 is 1.26 bits per heavy atom. The largest absolute Gasteiger partial charge is 0.361 e. The van der Waals surface area contributed by atoms with E-state index in [0.717, 1.165) is 62.4 Å². The van der Waals surface area contributed by atoms with E-state index in [1.165, 1.54) is 10.9 Å². The molecule has 0 bridgehead atoms. The predicted octanol–water partition coefficient (Wildman–Crippen LogP) is 3.26. The highest BCUT2D eigenvalue weighted by molar-refractivity contribution is 5.84. The van der Waals surface area contributed by atoms with Gasteiger partial charge in [0.2, 0.25) is 5.91 Å². The third kappa shape index (κ3) is 4.04. The molecule has 3 heterocycles. The average molecular weight is 365 g/mol. The number of benzene rings is 1. The molecule has 0 spiro atoms. The molecule has 0 saturated carbocycles. The fraction of sp³-hybridized carbons (Fsp3) is 0.476. The van der Waals surface area contributed by atoms with Crippen molar-refractivity contribution in [1.82, 2.24) is 25.1 Å². The van der Waals surface area contributed by atoms with Gasteiger partial charge in [0.05, 0.1) is 0 Å². The van der Waals surface area contributed by atoms with Crippen molar-refractivity contribution in [2.24, 2.45) is 5.92 Å². The highest BCUT2D eigenvalue weighted by Crippen LogP contribution is 2.23. The molecule has 0 unspecified atom stereocenters. The molecule has 2 aromatic heterocycles. The lowest BCUT2D eigenvalue weighted by atomic mass is 9.93. The smallest absolute Gasteiger partial charge is 0.222 e. The first-order valence-electron chi connectivity index (χ1n) is 9.96. The zero-order valence-electron chi connectivity index (χ0n) is 15.9. The molecule has 2 N–H and O–H groups in total. The van der Waals surface area contributed by atoms with E-state index < -0.39 is 0 Å². The topological polar surface area (TPSA) is 77.7 Å². The van der Waals surface area contributed by atoms with E-state index in [1.807, 2.05) is 23.2 Å². The molecule has 1 saturated heterocycles. The van der Waals surface area contributed by atoms with Crippen molar-refractivity contribution >= 4 is 16.8 Å². The van der Waals surface area contributed by atoms with Gasteiger partial charge in [-0.15, -0.1) is 0 Å². The van der Waals surface area contributed by atoms with Gasteiger partial charge in [-0.2, -0.15) is 5.10 Å². The number of rotatable bonds is 6. The molecular formula is C21H27N5O. The summed E-state index contributed by atoms with van der Waals surface area (Å²) in [6.07, 6.45) is 7.29. The van der Waals surface area contributed by atoms with Crippen molar-refractivity contribution in [2.45, 2.75) is 45.4 Å². The number of carbonyl (C=O) groups is 1. The van der Waals surface area contributed by atoms with E-state index in [4.69, 9.17) is 0 Å². The van der Waals surface area contributed by atoms with E-state index in [0.29, 0.717) is 12.3 Å². The lowest BCUT2D eigenvalue weighted by Gasteiger charge is -2.31. The molecule has 27 heavy (non-hydrogen) atoms. The monoisotopic (exact) mass is 365 g/mol. The number of hydrogen-bond acceptors (Lipinski definition) is 3. The Kier molecular flexibility index (Phi) is 5.23. The number of nitrogens with zero attached hydrogens (tertiary/aromatic N) is 3. The van der Waals surface area contributed by atoms with Crippen LogP contribution >= 0.6 is 0 Å². The fourth-order valence-corrected chi connectivity index (χ4v) is 3.98. The van der Waals surface area contributed by atoms with Crippen molar-refractivity contribution < 1.29 is 4.79 Å². The summed E-state index contributed by atoms with van der Waals surface area (Å²) in [6, 6.07) is 8.26. The number of fused-ring (bicyclic) bond motifs is 1. The zero-order chi connectivity index (χ0) is 18.6. The molecule has 0 aliphatic carbocycles. The minimum atomic E-state index is 0.270. The number of para-hydroxylation sites is 1. The number of carbonyl (C=O) groups excluding carboxylic acids is 1. The molecular weight excluding hydrogens is 338 g/mol. The van der Waals surface area contributed by atoms with Crippen molar-refractivity contribution in [3.05, 3.63) is 47.7 Å². The minimum absolute atomic E-state index is 0.270. The summed E-state index contributed by atoms with van der Waals surface area (Å²) in [7, 11) is 0. The second-order valence-corrected chi connectivity index (χ2v) is 7.44. The van der Waals surface area contributed by atoms with Gasteiger partial charge >= 0.3 is 0 Å². The number of aromatic amines is 2. The summed E-state index contributed by atoms with van der Waals surface area (Å²) in [5.41, 5.74) is 2.37. The van der Waals surface area contributed by atoms with Crippen LogP contribution in [0, 0.1) is 5.92 Å². The van der Waals surface area contributed by atoms with Gasteiger partial charge in [-0.3, -0.25) is 9.89 Å². The highest BCUT2D eigenvalue weighted by atomic mass is 16.2. The standard InChI is InChI=1S/C21H27N5O/c1-2-19-23-20(25-24-19)13-15-9-11-26(12-10-15)21(27)8-7-16-14-22-18-6-4-3-5-17(16)18/h3-6,14-15,22H,2,7-13H2,1H3,(H,23,24,25). The molecule has 1 amide bonds. The van der Waals surface area contributed by atoms with E-state index in [-0.39, 0.29) is 5.91 Å². The molecule has 142 valence electrons. The van der Waals surface area contributed by atoms with Gasteiger partial charge < -0.3 is 9.88 Å². The maximum Gasteiger partial charge on any atom is 0.222 e. The van der Waals surface area contributed by atoms with Gasteiger partial charge in [-0.1, -0.05) is 25.1 Å². The van der Waals surface area contributed by atoms with E-state index >= 15 is 0 Å². The molecule has 0 radical (unpaired) electrons. The summed E-state index contributed by atoms with van der Waals surface area (Å²) in [6.45, 7) is 3.77. The number of amides is 1. The summed E-state index contributed by atoms with van der Waals surface area (Å²) in [4.78, 5) is 22.5. The van der Waals surface area contributed by atoms with Gasteiger partial charge in [-0.25, -0.2) is 4.98 Å². The van der Waals surface area contributed by atoms with Gasteiger partial charge in [0.15, 0.2) is 0 Å².